The van der Waals surface area contributed by atoms with E-state index in [0.717, 1.165) is 12.1 Å². The molecule has 0 saturated heterocycles. The summed E-state index contributed by atoms with van der Waals surface area (Å²) in [4.78, 5) is 10.8. The molecule has 0 radical (unpaired) electrons. The molecular formula is C17H19N3O3S. The van der Waals surface area contributed by atoms with Crippen molar-refractivity contribution < 1.29 is 9.66 Å². The molecule has 0 aromatic heterocycles. The van der Waals surface area contributed by atoms with E-state index >= 15 is 0 Å². The van der Waals surface area contributed by atoms with Crippen molar-refractivity contribution >= 4 is 34.4 Å². The van der Waals surface area contributed by atoms with Gasteiger partial charge in [-0.2, -0.15) is 0 Å². The van der Waals surface area contributed by atoms with Crippen LogP contribution in [0.1, 0.15) is 19.4 Å². The van der Waals surface area contributed by atoms with Crippen LogP contribution in [0.4, 0.5) is 17.1 Å². The molecule has 0 unspecified atom stereocenters. The highest BCUT2D eigenvalue weighted by Crippen LogP contribution is 2.29. The Labute approximate surface area is 146 Å². The van der Waals surface area contributed by atoms with Gasteiger partial charge < -0.3 is 15.4 Å². The molecule has 2 rings (SSSR count). The van der Waals surface area contributed by atoms with Crippen LogP contribution in [0.25, 0.3) is 0 Å². The van der Waals surface area contributed by atoms with Gasteiger partial charge in [0.15, 0.2) is 5.11 Å². The maximum Gasteiger partial charge on any atom is 0.296 e. The SMILES string of the molecule is CCOc1ccc(NC(=S)Nc2ccc(CC)cc2)c([N+](=O)[O-])c1. The Balaban J connectivity index is 2.11. The summed E-state index contributed by atoms with van der Waals surface area (Å²) in [6.07, 6.45) is 0.960. The van der Waals surface area contributed by atoms with Crippen LogP contribution in [0, 0.1) is 10.1 Å². The van der Waals surface area contributed by atoms with Crippen LogP contribution >= 0.6 is 12.2 Å². The van der Waals surface area contributed by atoms with Gasteiger partial charge in [0.05, 0.1) is 17.6 Å². The van der Waals surface area contributed by atoms with Crippen molar-refractivity contribution in [3.05, 3.63) is 58.1 Å². The van der Waals surface area contributed by atoms with E-state index in [2.05, 4.69) is 17.6 Å². The fourth-order valence-corrected chi connectivity index (χ4v) is 2.36. The second kappa shape index (κ2) is 8.26. The number of hydrogen-bond donors (Lipinski definition) is 2. The van der Waals surface area contributed by atoms with Gasteiger partial charge in [0.2, 0.25) is 0 Å². The molecule has 0 aliphatic heterocycles. The number of thiocarbonyl (C=S) groups is 1. The van der Waals surface area contributed by atoms with Gasteiger partial charge in [-0.05, 0) is 55.4 Å². The Morgan fingerprint density at radius 1 is 1.17 bits per heavy atom. The third-order valence-electron chi connectivity index (χ3n) is 3.35. The highest BCUT2D eigenvalue weighted by Gasteiger charge is 2.16. The monoisotopic (exact) mass is 345 g/mol. The number of nitrogens with one attached hydrogen (secondary N) is 2. The van der Waals surface area contributed by atoms with Crippen molar-refractivity contribution in [3.63, 3.8) is 0 Å². The molecule has 2 aromatic rings. The fraction of sp³-hybridized carbons (Fsp3) is 0.235. The average molecular weight is 345 g/mol. The molecule has 0 atom stereocenters. The molecule has 126 valence electrons. The number of rotatable bonds is 6. The minimum Gasteiger partial charge on any atom is -0.494 e. The van der Waals surface area contributed by atoms with Crippen molar-refractivity contribution in [1.82, 2.24) is 0 Å². The number of anilines is 2. The van der Waals surface area contributed by atoms with Crippen LogP contribution < -0.4 is 15.4 Å². The van der Waals surface area contributed by atoms with Gasteiger partial charge >= 0.3 is 0 Å². The number of nitro benzene ring substituents is 1. The van der Waals surface area contributed by atoms with Crippen molar-refractivity contribution in [2.24, 2.45) is 0 Å². The summed E-state index contributed by atoms with van der Waals surface area (Å²) in [5, 5.41) is 17.4. The third kappa shape index (κ3) is 4.66. The van der Waals surface area contributed by atoms with Crippen LogP contribution in [0.2, 0.25) is 0 Å². The van der Waals surface area contributed by atoms with Gasteiger partial charge in [-0.15, -0.1) is 0 Å². The summed E-state index contributed by atoms with van der Waals surface area (Å²) in [7, 11) is 0. The Morgan fingerprint density at radius 3 is 2.46 bits per heavy atom. The van der Waals surface area contributed by atoms with Gasteiger partial charge in [-0.1, -0.05) is 19.1 Å². The summed E-state index contributed by atoms with van der Waals surface area (Å²) >= 11 is 5.23. The minimum atomic E-state index is -0.469. The number of ether oxygens (including phenoxy) is 1. The Kier molecular flexibility index (Phi) is 6.08. The van der Waals surface area contributed by atoms with E-state index in [1.165, 1.54) is 11.6 Å². The van der Waals surface area contributed by atoms with Gasteiger partial charge in [0, 0.05) is 5.69 Å². The standard InChI is InChI=1S/C17H19N3O3S/c1-3-12-5-7-13(8-6-12)18-17(24)19-15-10-9-14(23-4-2)11-16(15)20(21)22/h5-11H,3-4H2,1-2H3,(H2,18,19,24). The van der Waals surface area contributed by atoms with Crippen LogP contribution in [-0.4, -0.2) is 16.6 Å². The van der Waals surface area contributed by atoms with E-state index in [-0.39, 0.29) is 10.8 Å². The Bertz CT molecular complexity index is 732. The number of aryl methyl sites for hydroxylation is 1. The molecule has 7 heteroatoms. The second-order valence-electron chi connectivity index (χ2n) is 5.00. The van der Waals surface area contributed by atoms with Crippen LogP contribution in [0.3, 0.4) is 0 Å². The zero-order valence-electron chi connectivity index (χ0n) is 13.5. The first-order valence-corrected chi connectivity index (χ1v) is 8.02. The van der Waals surface area contributed by atoms with Gasteiger partial charge in [0.25, 0.3) is 5.69 Å². The first-order chi connectivity index (χ1) is 11.5. The molecule has 0 amide bonds. The van der Waals surface area contributed by atoms with Crippen LogP contribution in [0.15, 0.2) is 42.5 Å². The summed E-state index contributed by atoms with van der Waals surface area (Å²) in [6, 6.07) is 12.5. The predicted molar refractivity (Wildman–Crippen MR) is 99.9 cm³/mol. The van der Waals surface area contributed by atoms with Crippen molar-refractivity contribution in [3.8, 4) is 5.75 Å². The molecule has 2 N–H and O–H groups in total. The lowest BCUT2D eigenvalue weighted by molar-refractivity contribution is -0.384. The summed E-state index contributed by atoms with van der Waals surface area (Å²) in [6.45, 7) is 4.35. The Morgan fingerprint density at radius 2 is 1.88 bits per heavy atom. The first kappa shape index (κ1) is 17.7. The molecule has 0 bridgehead atoms. The smallest absolute Gasteiger partial charge is 0.296 e. The van der Waals surface area contributed by atoms with E-state index in [0.29, 0.717) is 18.0 Å². The van der Waals surface area contributed by atoms with Crippen molar-refractivity contribution in [1.29, 1.82) is 0 Å². The number of nitro groups is 1. The topological polar surface area (TPSA) is 76.4 Å². The van der Waals surface area contributed by atoms with Crippen LogP contribution in [-0.2, 0) is 6.42 Å². The quantitative estimate of drug-likeness (QED) is 0.460. The largest absolute Gasteiger partial charge is 0.494 e. The van der Waals surface area contributed by atoms with E-state index in [1.54, 1.807) is 12.1 Å². The fourth-order valence-electron chi connectivity index (χ4n) is 2.13. The molecule has 24 heavy (non-hydrogen) atoms. The van der Waals surface area contributed by atoms with Gasteiger partial charge in [-0.25, -0.2) is 0 Å². The number of nitrogens with zero attached hydrogens (tertiary/aromatic N) is 1. The molecule has 6 nitrogen and oxygen atoms in total. The normalized spacial score (nSPS) is 10.1. The molecular weight excluding hydrogens is 326 g/mol. The highest BCUT2D eigenvalue weighted by atomic mass is 32.1. The first-order valence-electron chi connectivity index (χ1n) is 7.61. The summed E-state index contributed by atoms with van der Waals surface area (Å²) in [5.41, 5.74) is 2.26. The number of benzene rings is 2. The highest BCUT2D eigenvalue weighted by molar-refractivity contribution is 7.80. The molecule has 0 fully saturated rings. The van der Waals surface area contributed by atoms with Gasteiger partial charge in [-0.3, -0.25) is 10.1 Å². The average Bonchev–Trinajstić information content (AvgIpc) is 2.57. The van der Waals surface area contributed by atoms with Crippen LogP contribution in [0.5, 0.6) is 5.75 Å². The summed E-state index contributed by atoms with van der Waals surface area (Å²) in [5.74, 6) is 0.448. The van der Waals surface area contributed by atoms with Crippen molar-refractivity contribution in [2.45, 2.75) is 20.3 Å². The Hall–Kier alpha value is -2.67. The zero-order chi connectivity index (χ0) is 17.5. The lowest BCUT2D eigenvalue weighted by Gasteiger charge is -2.12. The molecule has 0 aliphatic carbocycles. The van der Waals surface area contributed by atoms with Gasteiger partial charge in [0.1, 0.15) is 11.4 Å². The molecule has 0 aliphatic rings. The molecule has 2 aromatic carbocycles. The number of hydrogen-bond acceptors (Lipinski definition) is 4. The third-order valence-corrected chi connectivity index (χ3v) is 3.55. The van der Waals surface area contributed by atoms with Crippen molar-refractivity contribution in [2.75, 3.05) is 17.2 Å². The maximum atomic E-state index is 11.2. The maximum absolute atomic E-state index is 11.2. The minimum absolute atomic E-state index is 0.0913. The molecule has 0 heterocycles. The van der Waals surface area contributed by atoms with E-state index in [4.69, 9.17) is 17.0 Å². The molecule has 0 spiro atoms. The van der Waals surface area contributed by atoms with E-state index in [9.17, 15) is 10.1 Å². The second-order valence-corrected chi connectivity index (χ2v) is 5.41. The lowest BCUT2D eigenvalue weighted by Crippen LogP contribution is -2.19. The molecule has 0 saturated carbocycles. The lowest BCUT2D eigenvalue weighted by atomic mass is 10.1. The zero-order valence-corrected chi connectivity index (χ0v) is 14.4. The predicted octanol–water partition coefficient (Wildman–Crippen LogP) is 4.36. The summed E-state index contributed by atoms with van der Waals surface area (Å²) < 4.78 is 5.29. The van der Waals surface area contributed by atoms with E-state index in [1.807, 2.05) is 31.2 Å². The van der Waals surface area contributed by atoms with E-state index < -0.39 is 4.92 Å².